The van der Waals surface area contributed by atoms with E-state index in [-0.39, 0.29) is 0 Å². The average Bonchev–Trinajstić information content (AvgIpc) is 2.36. The van der Waals surface area contributed by atoms with E-state index in [0.717, 1.165) is 13.1 Å². The number of ether oxygens (including phenoxy) is 2. The number of carbonyl (C=O) groups excluding carboxylic acids is 1. The van der Waals surface area contributed by atoms with E-state index in [4.69, 9.17) is 4.74 Å². The minimum atomic E-state index is -4.41. The maximum Gasteiger partial charge on any atom is 0.411 e. The third-order valence-electron chi connectivity index (χ3n) is 2.70. The van der Waals surface area contributed by atoms with Crippen molar-refractivity contribution in [1.82, 2.24) is 10.2 Å². The van der Waals surface area contributed by atoms with Gasteiger partial charge in [-0.1, -0.05) is 0 Å². The number of carbonyl (C=O) groups is 1. The molecule has 1 aliphatic rings. The molecule has 0 aliphatic carbocycles. The molecule has 0 unspecified atom stereocenters. The van der Waals surface area contributed by atoms with Gasteiger partial charge in [0.1, 0.15) is 12.7 Å². The van der Waals surface area contributed by atoms with Gasteiger partial charge >= 0.3 is 6.18 Å². The van der Waals surface area contributed by atoms with Gasteiger partial charge in [0, 0.05) is 26.2 Å². The molecule has 112 valence electrons. The highest BCUT2D eigenvalue weighted by Gasteiger charge is 2.29. The molecule has 0 spiro atoms. The molecular formula is C11H19F3N2O3. The van der Waals surface area contributed by atoms with E-state index in [1.165, 1.54) is 6.92 Å². The summed E-state index contributed by atoms with van der Waals surface area (Å²) >= 11 is 0. The lowest BCUT2D eigenvalue weighted by Gasteiger charge is -2.26. The molecule has 0 saturated carbocycles. The summed E-state index contributed by atoms with van der Waals surface area (Å²) in [6.45, 7) is 3.87. The molecule has 0 aromatic heterocycles. The summed E-state index contributed by atoms with van der Waals surface area (Å²) in [5.41, 5.74) is 0. The molecule has 1 atom stereocenters. The largest absolute Gasteiger partial charge is 0.411 e. The van der Waals surface area contributed by atoms with Crippen LogP contribution in [-0.2, 0) is 14.3 Å². The van der Waals surface area contributed by atoms with Crippen LogP contribution in [0.1, 0.15) is 6.92 Å². The number of rotatable bonds is 6. The van der Waals surface area contributed by atoms with Crippen LogP contribution in [0.5, 0.6) is 0 Å². The Labute approximate surface area is 110 Å². The standard InChI is InChI=1S/C11H19F3N2O3/c1-9(19-8-11(12,13)14)10(17)15-2-3-16-4-6-18-7-5-16/h9H,2-8H2,1H3,(H,15,17)/t9-/m0/s1. The van der Waals surface area contributed by atoms with Gasteiger partial charge in [-0.05, 0) is 6.92 Å². The number of morpholine rings is 1. The number of alkyl halides is 3. The van der Waals surface area contributed by atoms with Crippen LogP contribution >= 0.6 is 0 Å². The molecule has 1 saturated heterocycles. The molecule has 0 aromatic carbocycles. The third kappa shape index (κ3) is 7.34. The second kappa shape index (κ2) is 7.66. The molecular weight excluding hydrogens is 265 g/mol. The molecule has 1 aliphatic heterocycles. The minimum absolute atomic E-state index is 0.387. The number of nitrogens with zero attached hydrogens (tertiary/aromatic N) is 1. The topological polar surface area (TPSA) is 50.8 Å². The molecule has 0 aromatic rings. The van der Waals surface area contributed by atoms with Gasteiger partial charge < -0.3 is 14.8 Å². The molecule has 1 heterocycles. The van der Waals surface area contributed by atoms with Gasteiger partial charge in [0.15, 0.2) is 0 Å². The van der Waals surface area contributed by atoms with Gasteiger partial charge in [-0.2, -0.15) is 13.2 Å². The van der Waals surface area contributed by atoms with E-state index < -0.39 is 24.8 Å². The monoisotopic (exact) mass is 284 g/mol. The van der Waals surface area contributed by atoms with Gasteiger partial charge in [0.05, 0.1) is 13.2 Å². The highest BCUT2D eigenvalue weighted by Crippen LogP contribution is 2.15. The molecule has 8 heteroatoms. The average molecular weight is 284 g/mol. The van der Waals surface area contributed by atoms with Gasteiger partial charge in [-0.25, -0.2) is 0 Å². The van der Waals surface area contributed by atoms with E-state index in [0.29, 0.717) is 26.3 Å². The number of halogens is 3. The van der Waals surface area contributed by atoms with E-state index >= 15 is 0 Å². The molecule has 0 radical (unpaired) electrons. The SMILES string of the molecule is C[C@H](OCC(F)(F)F)C(=O)NCCN1CCOCC1. The van der Waals surface area contributed by atoms with Crippen molar-refractivity contribution in [2.24, 2.45) is 0 Å². The van der Waals surface area contributed by atoms with Crippen LogP contribution in [0.25, 0.3) is 0 Å². The first-order valence-corrected chi connectivity index (χ1v) is 6.14. The predicted octanol–water partition coefficient (Wildman–Crippen LogP) is 0.402. The zero-order chi connectivity index (χ0) is 14.3. The molecule has 1 amide bonds. The van der Waals surface area contributed by atoms with Crippen LogP contribution in [0.15, 0.2) is 0 Å². The normalized spacial score (nSPS) is 19.2. The maximum atomic E-state index is 11.9. The number of hydrogen-bond acceptors (Lipinski definition) is 4. The lowest BCUT2D eigenvalue weighted by atomic mass is 10.3. The summed E-state index contributed by atoms with van der Waals surface area (Å²) in [7, 11) is 0. The lowest BCUT2D eigenvalue weighted by molar-refractivity contribution is -0.185. The number of nitrogens with one attached hydrogen (secondary N) is 1. The highest BCUT2D eigenvalue weighted by atomic mass is 19.4. The second-order valence-corrected chi connectivity index (χ2v) is 4.31. The molecule has 5 nitrogen and oxygen atoms in total. The van der Waals surface area contributed by atoms with Crippen molar-refractivity contribution in [1.29, 1.82) is 0 Å². The summed E-state index contributed by atoms with van der Waals surface area (Å²) in [6.07, 6.45) is -5.52. The predicted molar refractivity (Wildman–Crippen MR) is 61.7 cm³/mol. The van der Waals surface area contributed by atoms with E-state index in [9.17, 15) is 18.0 Å². The quantitative estimate of drug-likeness (QED) is 0.767. The van der Waals surface area contributed by atoms with Crippen LogP contribution < -0.4 is 5.32 Å². The Hall–Kier alpha value is -0.860. The van der Waals surface area contributed by atoms with E-state index in [2.05, 4.69) is 15.0 Å². The van der Waals surface area contributed by atoms with Crippen molar-refractivity contribution in [2.45, 2.75) is 19.2 Å². The molecule has 1 rings (SSSR count). The van der Waals surface area contributed by atoms with E-state index in [1.54, 1.807) is 0 Å². The summed E-state index contributed by atoms with van der Waals surface area (Å²) in [5.74, 6) is -0.530. The van der Waals surface area contributed by atoms with E-state index in [1.807, 2.05) is 0 Å². The van der Waals surface area contributed by atoms with Crippen molar-refractivity contribution in [2.75, 3.05) is 46.0 Å². The Balaban J connectivity index is 2.12. The van der Waals surface area contributed by atoms with Gasteiger partial charge in [0.25, 0.3) is 0 Å². The number of amides is 1. The van der Waals surface area contributed by atoms with Crippen LogP contribution in [-0.4, -0.2) is 69.1 Å². The smallest absolute Gasteiger partial charge is 0.379 e. The summed E-state index contributed by atoms with van der Waals surface area (Å²) in [5, 5.41) is 2.55. The van der Waals surface area contributed by atoms with Crippen molar-refractivity contribution >= 4 is 5.91 Å². The fourth-order valence-corrected chi connectivity index (χ4v) is 1.60. The first-order chi connectivity index (χ1) is 8.88. The fraction of sp³-hybridized carbons (Fsp3) is 0.909. The van der Waals surface area contributed by atoms with Gasteiger partial charge in [0.2, 0.25) is 5.91 Å². The first kappa shape index (κ1) is 16.2. The Bertz CT molecular complexity index is 281. The Morgan fingerprint density at radius 1 is 1.42 bits per heavy atom. The zero-order valence-corrected chi connectivity index (χ0v) is 10.8. The summed E-state index contributed by atoms with van der Waals surface area (Å²) < 4.78 is 45.3. The summed E-state index contributed by atoms with van der Waals surface area (Å²) in [4.78, 5) is 13.6. The summed E-state index contributed by atoms with van der Waals surface area (Å²) in [6, 6.07) is 0. The number of hydrogen-bond donors (Lipinski definition) is 1. The lowest BCUT2D eigenvalue weighted by Crippen LogP contribution is -2.43. The van der Waals surface area contributed by atoms with Crippen LogP contribution in [0.3, 0.4) is 0 Å². The van der Waals surface area contributed by atoms with Gasteiger partial charge in [-0.3, -0.25) is 9.69 Å². The Kier molecular flexibility index (Phi) is 6.53. The van der Waals surface area contributed by atoms with Crippen LogP contribution in [0.2, 0.25) is 0 Å². The first-order valence-electron chi connectivity index (χ1n) is 6.14. The Morgan fingerprint density at radius 2 is 2.05 bits per heavy atom. The van der Waals surface area contributed by atoms with Crippen molar-refractivity contribution < 1.29 is 27.4 Å². The molecule has 0 bridgehead atoms. The molecule has 1 N–H and O–H groups in total. The van der Waals surface area contributed by atoms with Crippen LogP contribution in [0.4, 0.5) is 13.2 Å². The minimum Gasteiger partial charge on any atom is -0.379 e. The Morgan fingerprint density at radius 3 is 2.63 bits per heavy atom. The fourth-order valence-electron chi connectivity index (χ4n) is 1.60. The zero-order valence-electron chi connectivity index (χ0n) is 10.8. The highest BCUT2D eigenvalue weighted by molar-refractivity contribution is 5.80. The molecule has 19 heavy (non-hydrogen) atoms. The third-order valence-corrected chi connectivity index (χ3v) is 2.70. The van der Waals surface area contributed by atoms with Crippen molar-refractivity contribution in [3.63, 3.8) is 0 Å². The van der Waals surface area contributed by atoms with Crippen LogP contribution in [0, 0.1) is 0 Å². The maximum absolute atomic E-state index is 11.9. The van der Waals surface area contributed by atoms with Crippen molar-refractivity contribution in [3.05, 3.63) is 0 Å². The molecule has 1 fully saturated rings. The second-order valence-electron chi connectivity index (χ2n) is 4.31. The van der Waals surface area contributed by atoms with Gasteiger partial charge in [-0.15, -0.1) is 0 Å². The van der Waals surface area contributed by atoms with Crippen molar-refractivity contribution in [3.8, 4) is 0 Å².